The van der Waals surface area contributed by atoms with Gasteiger partial charge in [-0.2, -0.15) is 0 Å². The van der Waals surface area contributed by atoms with Gasteiger partial charge in [-0.1, -0.05) is 12.1 Å². The summed E-state index contributed by atoms with van der Waals surface area (Å²) in [6, 6.07) is 5.88. The van der Waals surface area contributed by atoms with E-state index in [1.54, 1.807) is 6.07 Å². The van der Waals surface area contributed by atoms with Gasteiger partial charge in [-0.15, -0.1) is 0 Å². The predicted molar refractivity (Wildman–Crippen MR) is 82.1 cm³/mol. The van der Waals surface area contributed by atoms with Gasteiger partial charge in [-0.3, -0.25) is 14.4 Å². The Kier molecular flexibility index (Phi) is 4.94. The number of carbonyl (C=O) groups is 3. The number of Topliss-reactive ketones (excluding diaryl/α,β-unsaturated/α-hetero) is 1. The fraction of sp³-hybridized carbons (Fsp3) is 0.471. The molecule has 1 fully saturated rings. The van der Waals surface area contributed by atoms with Crippen LogP contribution in [0.15, 0.2) is 24.3 Å². The highest BCUT2D eigenvalue weighted by atomic mass is 16.5. The fourth-order valence-corrected chi connectivity index (χ4v) is 3.40. The molecule has 1 aromatic carbocycles. The lowest BCUT2D eigenvalue weighted by atomic mass is 9.61. The van der Waals surface area contributed by atoms with Crippen LogP contribution in [0.25, 0.3) is 0 Å². The molecule has 0 saturated heterocycles. The van der Waals surface area contributed by atoms with Gasteiger partial charge < -0.3 is 19.7 Å². The minimum absolute atomic E-state index is 0.0857. The Morgan fingerprint density at radius 1 is 1.21 bits per heavy atom. The molecule has 130 valence electrons. The number of methoxy groups -OCH3 is 2. The quantitative estimate of drug-likeness (QED) is 0.620. The Morgan fingerprint density at radius 2 is 1.83 bits per heavy atom. The second kappa shape index (κ2) is 6.60. The van der Waals surface area contributed by atoms with Crippen LogP contribution in [-0.2, 0) is 23.9 Å². The van der Waals surface area contributed by atoms with Crippen LogP contribution in [0.4, 0.5) is 0 Å². The van der Waals surface area contributed by atoms with Gasteiger partial charge in [-0.05, 0) is 24.6 Å². The molecule has 1 aliphatic carbocycles. The van der Waals surface area contributed by atoms with E-state index in [-0.39, 0.29) is 12.2 Å². The zero-order chi connectivity index (χ0) is 18.1. The van der Waals surface area contributed by atoms with Gasteiger partial charge in [-0.25, -0.2) is 0 Å². The van der Waals surface area contributed by atoms with E-state index in [4.69, 9.17) is 9.47 Å². The number of rotatable bonds is 3. The lowest BCUT2D eigenvalue weighted by Gasteiger charge is -2.43. The first-order valence-corrected chi connectivity index (χ1v) is 7.42. The van der Waals surface area contributed by atoms with Crippen molar-refractivity contribution in [3.05, 3.63) is 29.8 Å². The third-order valence-corrected chi connectivity index (χ3v) is 4.43. The summed E-state index contributed by atoms with van der Waals surface area (Å²) in [5.41, 5.74) is -1.32. The van der Waals surface area contributed by atoms with Crippen LogP contribution in [0.2, 0.25) is 0 Å². The number of hydrogen-bond donors (Lipinski definition) is 2. The van der Waals surface area contributed by atoms with Gasteiger partial charge in [0.15, 0.2) is 5.78 Å². The van der Waals surface area contributed by atoms with Crippen LogP contribution in [0.1, 0.15) is 24.8 Å². The first kappa shape index (κ1) is 17.9. The summed E-state index contributed by atoms with van der Waals surface area (Å²) >= 11 is 0. The highest BCUT2D eigenvalue weighted by Crippen LogP contribution is 2.47. The smallest absolute Gasteiger partial charge is 0.316 e. The van der Waals surface area contributed by atoms with E-state index in [9.17, 15) is 24.6 Å². The highest BCUT2D eigenvalue weighted by molar-refractivity contribution is 6.02. The molecule has 0 spiro atoms. The van der Waals surface area contributed by atoms with Gasteiger partial charge >= 0.3 is 11.9 Å². The third kappa shape index (κ3) is 3.12. The largest absolute Gasteiger partial charge is 0.508 e. The number of ketones is 1. The summed E-state index contributed by atoms with van der Waals surface area (Å²) in [6.45, 7) is 1.36. The number of ether oxygens (including phenoxy) is 2. The van der Waals surface area contributed by atoms with Crippen molar-refractivity contribution >= 4 is 17.7 Å². The molecule has 0 radical (unpaired) electrons. The van der Waals surface area contributed by atoms with Gasteiger partial charge in [0.2, 0.25) is 0 Å². The average Bonchev–Trinajstić information content (AvgIpc) is 2.52. The molecule has 0 unspecified atom stereocenters. The van der Waals surface area contributed by atoms with E-state index in [0.717, 1.165) is 7.11 Å². The fourth-order valence-electron chi connectivity index (χ4n) is 3.40. The number of phenols is 1. The van der Waals surface area contributed by atoms with Crippen LogP contribution in [-0.4, -0.2) is 47.8 Å². The Hall–Kier alpha value is -2.41. The van der Waals surface area contributed by atoms with Crippen LogP contribution in [0, 0.1) is 11.8 Å². The Balaban J connectivity index is 2.65. The minimum atomic E-state index is -1.69. The number of aliphatic hydroxyl groups is 1. The van der Waals surface area contributed by atoms with Gasteiger partial charge in [0.05, 0.1) is 25.7 Å². The average molecular weight is 336 g/mol. The topological polar surface area (TPSA) is 110 Å². The van der Waals surface area contributed by atoms with Crippen LogP contribution < -0.4 is 0 Å². The maximum Gasteiger partial charge on any atom is 0.316 e. The maximum atomic E-state index is 12.5. The molecule has 2 rings (SSSR count). The van der Waals surface area contributed by atoms with Gasteiger partial charge in [0.25, 0.3) is 0 Å². The summed E-state index contributed by atoms with van der Waals surface area (Å²) in [5, 5.41) is 20.4. The molecular weight excluding hydrogens is 316 g/mol. The van der Waals surface area contributed by atoms with Crippen molar-refractivity contribution in [1.82, 2.24) is 0 Å². The van der Waals surface area contributed by atoms with Crippen molar-refractivity contribution < 1.29 is 34.1 Å². The van der Waals surface area contributed by atoms with Crippen LogP contribution in [0.5, 0.6) is 5.75 Å². The molecule has 0 amide bonds. The Bertz CT molecular complexity index is 665. The highest BCUT2D eigenvalue weighted by Gasteiger charge is 2.56. The number of benzene rings is 1. The van der Waals surface area contributed by atoms with Gasteiger partial charge in [0.1, 0.15) is 11.7 Å². The minimum Gasteiger partial charge on any atom is -0.508 e. The third-order valence-electron chi connectivity index (χ3n) is 4.43. The number of hydrogen-bond acceptors (Lipinski definition) is 7. The number of aromatic hydroxyl groups is 1. The Morgan fingerprint density at radius 3 is 2.38 bits per heavy atom. The van der Waals surface area contributed by atoms with E-state index in [2.05, 4.69) is 0 Å². The maximum absolute atomic E-state index is 12.5. The molecule has 4 atom stereocenters. The lowest BCUT2D eigenvalue weighted by Crippen LogP contribution is -2.55. The first-order valence-electron chi connectivity index (χ1n) is 7.42. The van der Waals surface area contributed by atoms with E-state index < -0.39 is 41.1 Å². The zero-order valence-electron chi connectivity index (χ0n) is 13.7. The van der Waals surface area contributed by atoms with Crippen molar-refractivity contribution in [2.24, 2.45) is 11.8 Å². The number of carbonyl (C=O) groups excluding carboxylic acids is 3. The van der Waals surface area contributed by atoms with Crippen LogP contribution in [0.3, 0.4) is 0 Å². The molecule has 7 heteroatoms. The zero-order valence-corrected chi connectivity index (χ0v) is 13.7. The summed E-state index contributed by atoms with van der Waals surface area (Å²) in [6.07, 6.45) is -0.373. The SMILES string of the molecule is COC(=O)[C@H]1C(=O)C[C@@](C)(O)[C@@H](C(=O)OC)[C@@H]1c1cccc(O)c1. The Labute approximate surface area is 139 Å². The van der Waals surface area contributed by atoms with E-state index >= 15 is 0 Å². The normalized spacial score (nSPS) is 29.8. The molecule has 24 heavy (non-hydrogen) atoms. The molecule has 7 nitrogen and oxygen atoms in total. The molecule has 1 aromatic rings. The van der Waals surface area contributed by atoms with E-state index in [1.807, 2.05) is 0 Å². The van der Waals surface area contributed by atoms with E-state index in [0.29, 0.717) is 5.56 Å². The second-order valence-corrected chi connectivity index (χ2v) is 6.12. The van der Waals surface area contributed by atoms with Crippen molar-refractivity contribution in [3.8, 4) is 5.75 Å². The monoisotopic (exact) mass is 336 g/mol. The summed E-state index contributed by atoms with van der Waals surface area (Å²) in [7, 11) is 2.32. The van der Waals surface area contributed by atoms with Crippen molar-refractivity contribution in [2.45, 2.75) is 24.9 Å². The first-order chi connectivity index (χ1) is 11.2. The summed E-state index contributed by atoms with van der Waals surface area (Å²) in [5.74, 6) is -5.58. The van der Waals surface area contributed by atoms with Crippen molar-refractivity contribution in [1.29, 1.82) is 0 Å². The van der Waals surface area contributed by atoms with Gasteiger partial charge in [0, 0.05) is 12.3 Å². The van der Waals surface area contributed by atoms with Crippen LogP contribution >= 0.6 is 0 Å². The molecule has 0 heterocycles. The predicted octanol–water partition coefficient (Wildman–Crippen LogP) is 0.778. The van der Waals surface area contributed by atoms with Crippen molar-refractivity contribution in [2.75, 3.05) is 14.2 Å². The summed E-state index contributed by atoms with van der Waals surface area (Å²) < 4.78 is 9.50. The number of phenolic OH excluding ortho intramolecular Hbond substituents is 1. The molecular formula is C17H20O7. The molecule has 2 N–H and O–H groups in total. The molecule has 1 saturated carbocycles. The van der Waals surface area contributed by atoms with E-state index in [1.165, 1.54) is 32.2 Å². The molecule has 0 aromatic heterocycles. The van der Waals surface area contributed by atoms with Crippen molar-refractivity contribution in [3.63, 3.8) is 0 Å². The second-order valence-electron chi connectivity index (χ2n) is 6.12. The lowest BCUT2D eigenvalue weighted by molar-refractivity contribution is -0.170. The molecule has 0 bridgehead atoms. The molecule has 0 aliphatic heterocycles. The number of esters is 2. The molecule has 1 aliphatic rings. The standard InChI is InChI=1S/C17H20O7/c1-17(22)8-11(19)13(15(20)23-2)12(14(17)16(21)24-3)9-5-4-6-10(18)7-9/h4-7,12-14,18,22H,8H2,1-3H3/t12-,13+,14-,17-/m1/s1. The summed E-state index contributed by atoms with van der Waals surface area (Å²) in [4.78, 5) is 36.9.